The number of nitrogens with zero attached hydrogens (tertiary/aromatic N) is 1. The quantitative estimate of drug-likeness (QED) is 0.342. The van der Waals surface area contributed by atoms with E-state index in [2.05, 4.69) is 111 Å². The Hall–Kier alpha value is -3.07. The summed E-state index contributed by atoms with van der Waals surface area (Å²) in [4.78, 5) is 4.83. The van der Waals surface area contributed by atoms with Crippen LogP contribution in [0.3, 0.4) is 0 Å². The number of hydrogen-bond donors (Lipinski definition) is 2. The van der Waals surface area contributed by atoms with Gasteiger partial charge >= 0.3 is 0 Å². The molecule has 2 N–H and O–H groups in total. The lowest BCUT2D eigenvalue weighted by molar-refractivity contribution is 0.446. The van der Waals surface area contributed by atoms with Gasteiger partial charge in [-0.15, -0.1) is 0 Å². The SMILES string of the molecule is CC(C)c1cccc(C(C)C)c1Nc1ccccc1C=Nc1cc(C(C)(C)C)cc(C(C)(C)C)c1O. The van der Waals surface area contributed by atoms with Gasteiger partial charge in [0.25, 0.3) is 0 Å². The van der Waals surface area contributed by atoms with Gasteiger partial charge in [0.1, 0.15) is 11.4 Å². The lowest BCUT2D eigenvalue weighted by Gasteiger charge is -2.26. The number of nitrogens with one attached hydrogen (secondary N) is 1. The molecule has 0 aliphatic rings. The van der Waals surface area contributed by atoms with Crippen molar-refractivity contribution in [2.75, 3.05) is 5.32 Å². The topological polar surface area (TPSA) is 44.6 Å². The molecule has 36 heavy (non-hydrogen) atoms. The molecule has 3 aromatic rings. The molecule has 0 saturated carbocycles. The molecule has 0 heterocycles. The summed E-state index contributed by atoms with van der Waals surface area (Å²) in [6, 6.07) is 18.9. The van der Waals surface area contributed by atoms with Gasteiger partial charge in [-0.1, -0.05) is 112 Å². The fraction of sp³-hybridized carbons (Fsp3) is 0.424. The van der Waals surface area contributed by atoms with Crippen molar-refractivity contribution < 1.29 is 5.11 Å². The monoisotopic (exact) mass is 484 g/mol. The van der Waals surface area contributed by atoms with Crippen molar-refractivity contribution in [1.82, 2.24) is 0 Å². The van der Waals surface area contributed by atoms with Gasteiger partial charge in [-0.25, -0.2) is 0 Å². The van der Waals surface area contributed by atoms with Gasteiger partial charge in [-0.3, -0.25) is 4.99 Å². The minimum absolute atomic E-state index is 0.0504. The first-order valence-corrected chi connectivity index (χ1v) is 13.1. The number of hydrogen-bond acceptors (Lipinski definition) is 3. The number of para-hydroxylation sites is 2. The number of phenols is 1. The molecule has 0 aromatic heterocycles. The molecule has 192 valence electrons. The lowest BCUT2D eigenvalue weighted by Crippen LogP contribution is -2.16. The number of rotatable bonds is 6. The molecule has 0 bridgehead atoms. The molecular weight excluding hydrogens is 440 g/mol. The Bertz CT molecular complexity index is 1210. The number of anilines is 2. The normalized spacial score (nSPS) is 12.7. The minimum atomic E-state index is -0.192. The van der Waals surface area contributed by atoms with E-state index in [1.54, 1.807) is 0 Å². The maximum atomic E-state index is 11.2. The first kappa shape index (κ1) is 27.5. The van der Waals surface area contributed by atoms with E-state index in [9.17, 15) is 5.11 Å². The van der Waals surface area contributed by atoms with E-state index in [-0.39, 0.29) is 16.6 Å². The van der Waals surface area contributed by atoms with E-state index in [4.69, 9.17) is 4.99 Å². The minimum Gasteiger partial charge on any atom is -0.505 e. The van der Waals surface area contributed by atoms with Crippen LogP contribution >= 0.6 is 0 Å². The standard InChI is InChI=1S/C33H44N2O/c1-21(2)25-15-13-16-26(22(3)4)30(25)35-28-17-12-11-14-23(28)20-34-29-19-24(32(5,6)7)18-27(31(29)36)33(8,9)10/h11-22,35-36H,1-10H3. The highest BCUT2D eigenvalue weighted by molar-refractivity contribution is 5.91. The van der Waals surface area contributed by atoms with Gasteiger partial charge in [0.05, 0.1) is 0 Å². The zero-order chi connectivity index (χ0) is 26.8. The molecule has 0 aliphatic heterocycles. The zero-order valence-corrected chi connectivity index (χ0v) is 23.8. The Kier molecular flexibility index (Phi) is 8.03. The van der Waals surface area contributed by atoms with Crippen LogP contribution < -0.4 is 5.32 Å². The summed E-state index contributed by atoms with van der Waals surface area (Å²) < 4.78 is 0. The lowest BCUT2D eigenvalue weighted by atomic mass is 9.80. The highest BCUT2D eigenvalue weighted by Crippen LogP contribution is 2.42. The molecule has 0 unspecified atom stereocenters. The smallest absolute Gasteiger partial charge is 0.144 e. The van der Waals surface area contributed by atoms with Crippen molar-refractivity contribution in [2.24, 2.45) is 4.99 Å². The van der Waals surface area contributed by atoms with Crippen molar-refractivity contribution >= 4 is 23.3 Å². The van der Waals surface area contributed by atoms with Crippen molar-refractivity contribution in [2.45, 2.75) is 91.9 Å². The number of aromatic hydroxyl groups is 1. The number of benzene rings is 3. The van der Waals surface area contributed by atoms with Crippen LogP contribution in [0.15, 0.2) is 59.6 Å². The second-order valence-corrected chi connectivity index (χ2v) is 12.5. The highest BCUT2D eigenvalue weighted by atomic mass is 16.3. The van der Waals surface area contributed by atoms with Gasteiger partial charge in [-0.05, 0) is 51.5 Å². The van der Waals surface area contributed by atoms with Crippen LogP contribution in [0, 0.1) is 0 Å². The highest BCUT2D eigenvalue weighted by Gasteiger charge is 2.25. The van der Waals surface area contributed by atoms with Crippen LogP contribution in [0.4, 0.5) is 17.1 Å². The molecule has 3 nitrogen and oxygen atoms in total. The van der Waals surface area contributed by atoms with Crippen LogP contribution in [0.1, 0.15) is 109 Å². The summed E-state index contributed by atoms with van der Waals surface area (Å²) in [6.45, 7) is 21.9. The molecule has 0 fully saturated rings. The molecule has 0 aliphatic carbocycles. The Morgan fingerprint density at radius 2 is 1.36 bits per heavy atom. The van der Waals surface area contributed by atoms with Gasteiger partial charge in [-0.2, -0.15) is 0 Å². The molecule has 0 radical (unpaired) electrons. The van der Waals surface area contributed by atoms with Gasteiger partial charge in [0.15, 0.2) is 0 Å². The summed E-state index contributed by atoms with van der Waals surface area (Å²) >= 11 is 0. The Balaban J connectivity index is 2.10. The summed E-state index contributed by atoms with van der Waals surface area (Å²) in [5.74, 6) is 1.06. The third kappa shape index (κ3) is 6.19. The van der Waals surface area contributed by atoms with E-state index in [1.165, 1.54) is 16.8 Å². The van der Waals surface area contributed by atoms with Gasteiger partial charge in [0.2, 0.25) is 0 Å². The predicted octanol–water partition coefficient (Wildman–Crippen LogP) is 9.73. The van der Waals surface area contributed by atoms with Gasteiger partial charge < -0.3 is 10.4 Å². The average Bonchev–Trinajstić information content (AvgIpc) is 2.77. The van der Waals surface area contributed by atoms with Crippen molar-refractivity contribution in [1.29, 1.82) is 0 Å². The first-order valence-electron chi connectivity index (χ1n) is 13.1. The molecule has 0 spiro atoms. The fourth-order valence-corrected chi connectivity index (χ4v) is 4.41. The van der Waals surface area contributed by atoms with E-state index in [1.807, 2.05) is 24.4 Å². The molecule has 0 atom stereocenters. The summed E-state index contributed by atoms with van der Waals surface area (Å²) in [6.07, 6.45) is 1.86. The Morgan fingerprint density at radius 1 is 0.778 bits per heavy atom. The summed E-state index contributed by atoms with van der Waals surface area (Å²) in [7, 11) is 0. The van der Waals surface area contributed by atoms with Crippen molar-refractivity contribution in [3.8, 4) is 5.75 Å². The van der Waals surface area contributed by atoms with E-state index >= 15 is 0 Å². The molecule has 3 rings (SSSR count). The number of aliphatic imine (C=N–C) groups is 1. The van der Waals surface area contributed by atoms with E-state index in [0.717, 1.165) is 22.4 Å². The van der Waals surface area contributed by atoms with Crippen LogP contribution in [0.2, 0.25) is 0 Å². The molecule has 3 heteroatoms. The molecular formula is C33H44N2O. The van der Waals surface area contributed by atoms with Gasteiger partial charge in [0, 0.05) is 28.7 Å². The average molecular weight is 485 g/mol. The zero-order valence-electron chi connectivity index (χ0n) is 23.8. The first-order chi connectivity index (χ1) is 16.7. The second-order valence-electron chi connectivity index (χ2n) is 12.5. The fourth-order valence-electron chi connectivity index (χ4n) is 4.41. The largest absolute Gasteiger partial charge is 0.505 e. The van der Waals surface area contributed by atoms with Crippen LogP contribution in [0.25, 0.3) is 0 Å². The van der Waals surface area contributed by atoms with Crippen LogP contribution in [-0.4, -0.2) is 11.3 Å². The number of phenolic OH excluding ortho intramolecular Hbond substituents is 1. The molecule has 0 amide bonds. The van der Waals surface area contributed by atoms with E-state index in [0.29, 0.717) is 17.5 Å². The van der Waals surface area contributed by atoms with Crippen LogP contribution in [0.5, 0.6) is 5.75 Å². The molecule has 0 saturated heterocycles. The van der Waals surface area contributed by atoms with Crippen molar-refractivity contribution in [3.05, 3.63) is 82.4 Å². The summed E-state index contributed by atoms with van der Waals surface area (Å²) in [5.41, 5.74) is 8.20. The third-order valence-corrected chi connectivity index (χ3v) is 6.70. The predicted molar refractivity (Wildman–Crippen MR) is 157 cm³/mol. The van der Waals surface area contributed by atoms with E-state index < -0.39 is 0 Å². The molecule has 3 aromatic carbocycles. The third-order valence-electron chi connectivity index (χ3n) is 6.70. The second kappa shape index (κ2) is 10.5. The maximum absolute atomic E-state index is 11.2. The maximum Gasteiger partial charge on any atom is 0.144 e. The van der Waals surface area contributed by atoms with Crippen molar-refractivity contribution in [3.63, 3.8) is 0 Å². The summed E-state index contributed by atoms with van der Waals surface area (Å²) in [5, 5.41) is 14.9. The van der Waals surface area contributed by atoms with Crippen LogP contribution in [-0.2, 0) is 10.8 Å². The Morgan fingerprint density at radius 3 is 1.89 bits per heavy atom. The Labute approximate surface area is 218 Å².